The van der Waals surface area contributed by atoms with Crippen LogP contribution in [-0.2, 0) is 17.6 Å². The fourth-order valence-electron chi connectivity index (χ4n) is 4.14. The van der Waals surface area contributed by atoms with Crippen LogP contribution in [0, 0.1) is 11.8 Å². The van der Waals surface area contributed by atoms with Crippen LogP contribution in [0.5, 0.6) is 0 Å². The third kappa shape index (κ3) is 3.31. The van der Waals surface area contributed by atoms with Gasteiger partial charge in [0.1, 0.15) is 17.0 Å². The van der Waals surface area contributed by atoms with Gasteiger partial charge in [0.05, 0.1) is 5.39 Å². The van der Waals surface area contributed by atoms with Gasteiger partial charge in [-0.05, 0) is 36.7 Å². The highest BCUT2D eigenvalue weighted by atomic mass is 32.1. The van der Waals surface area contributed by atoms with Crippen molar-refractivity contribution in [3.05, 3.63) is 16.8 Å². The van der Waals surface area contributed by atoms with Crippen molar-refractivity contribution in [3.8, 4) is 0 Å². The van der Waals surface area contributed by atoms with E-state index in [-0.39, 0.29) is 5.91 Å². The molecule has 4 rings (SSSR count). The summed E-state index contributed by atoms with van der Waals surface area (Å²) in [6.07, 6.45) is 5.93. The summed E-state index contributed by atoms with van der Waals surface area (Å²) in [5.41, 5.74) is 1.48. The van der Waals surface area contributed by atoms with Crippen molar-refractivity contribution >= 4 is 33.3 Å². The minimum absolute atomic E-state index is 0.286. The molecule has 1 saturated heterocycles. The first-order valence-corrected chi connectivity index (χ1v) is 10.6. The van der Waals surface area contributed by atoms with Crippen molar-refractivity contribution < 1.29 is 4.79 Å². The molecule has 2 aliphatic rings. The van der Waals surface area contributed by atoms with Gasteiger partial charge in [-0.3, -0.25) is 4.79 Å². The van der Waals surface area contributed by atoms with Crippen LogP contribution in [0.4, 0.5) is 5.82 Å². The van der Waals surface area contributed by atoms with Gasteiger partial charge in [0.2, 0.25) is 5.91 Å². The van der Waals surface area contributed by atoms with Crippen LogP contribution in [0.15, 0.2) is 6.33 Å². The molecule has 2 aromatic heterocycles. The molecular weight excluding hydrogens is 344 g/mol. The lowest BCUT2D eigenvalue weighted by Gasteiger charge is -2.36. The monoisotopic (exact) mass is 372 g/mol. The molecule has 0 bridgehead atoms. The van der Waals surface area contributed by atoms with Gasteiger partial charge in [-0.25, -0.2) is 9.97 Å². The molecule has 1 aliphatic heterocycles. The Balaban J connectivity index is 1.56. The zero-order chi connectivity index (χ0) is 18.3. The van der Waals surface area contributed by atoms with E-state index in [1.165, 1.54) is 28.7 Å². The lowest BCUT2D eigenvalue weighted by Crippen LogP contribution is -2.49. The Labute approximate surface area is 159 Å². The van der Waals surface area contributed by atoms with E-state index in [1.807, 2.05) is 16.2 Å². The summed E-state index contributed by atoms with van der Waals surface area (Å²) >= 11 is 1.85. The van der Waals surface area contributed by atoms with Crippen molar-refractivity contribution in [1.82, 2.24) is 14.9 Å². The second-order valence-corrected chi connectivity index (χ2v) is 9.28. The SMILES string of the molecule is CC(C)CC(=O)N1CCN(c2ncnc3sc4c(c23)CCC(C)C4)CC1. The van der Waals surface area contributed by atoms with Crippen molar-refractivity contribution in [2.24, 2.45) is 11.8 Å². The van der Waals surface area contributed by atoms with E-state index in [9.17, 15) is 4.79 Å². The maximum atomic E-state index is 12.3. The molecule has 6 heteroatoms. The van der Waals surface area contributed by atoms with Crippen molar-refractivity contribution in [1.29, 1.82) is 0 Å². The number of nitrogens with zero attached hydrogens (tertiary/aromatic N) is 4. The summed E-state index contributed by atoms with van der Waals surface area (Å²) in [7, 11) is 0. The zero-order valence-electron chi connectivity index (χ0n) is 16.0. The summed E-state index contributed by atoms with van der Waals surface area (Å²) in [5.74, 6) is 2.55. The quantitative estimate of drug-likeness (QED) is 0.827. The van der Waals surface area contributed by atoms with Crippen LogP contribution in [0.1, 0.15) is 44.1 Å². The fourth-order valence-corrected chi connectivity index (χ4v) is 5.49. The largest absolute Gasteiger partial charge is 0.352 e. The molecule has 1 aliphatic carbocycles. The number of fused-ring (bicyclic) bond motifs is 3. The summed E-state index contributed by atoms with van der Waals surface area (Å²) in [5, 5.41) is 1.28. The number of aromatic nitrogens is 2. The van der Waals surface area contributed by atoms with E-state index >= 15 is 0 Å². The molecule has 0 radical (unpaired) electrons. The number of carbonyl (C=O) groups excluding carboxylic acids is 1. The molecule has 26 heavy (non-hydrogen) atoms. The van der Waals surface area contributed by atoms with Gasteiger partial charge in [-0.15, -0.1) is 11.3 Å². The highest BCUT2D eigenvalue weighted by Crippen LogP contribution is 2.40. The van der Waals surface area contributed by atoms with Crippen LogP contribution in [0.2, 0.25) is 0 Å². The number of aryl methyl sites for hydroxylation is 1. The maximum absolute atomic E-state index is 12.3. The molecule has 5 nitrogen and oxygen atoms in total. The predicted octanol–water partition coefficient (Wildman–Crippen LogP) is 3.51. The molecule has 0 spiro atoms. The minimum atomic E-state index is 0.286. The Kier molecular flexibility index (Phi) is 4.86. The first-order chi connectivity index (χ1) is 12.5. The molecule has 0 aromatic carbocycles. The number of rotatable bonds is 3. The molecule has 1 atom stereocenters. The van der Waals surface area contributed by atoms with E-state index in [0.29, 0.717) is 12.3 Å². The fraction of sp³-hybridized carbons (Fsp3) is 0.650. The van der Waals surface area contributed by atoms with E-state index in [0.717, 1.165) is 49.2 Å². The third-order valence-corrected chi connectivity index (χ3v) is 6.75. The number of thiophene rings is 1. The van der Waals surface area contributed by atoms with E-state index in [4.69, 9.17) is 0 Å². The maximum Gasteiger partial charge on any atom is 0.222 e. The highest BCUT2D eigenvalue weighted by Gasteiger charge is 2.27. The molecule has 3 heterocycles. The topological polar surface area (TPSA) is 49.3 Å². The van der Waals surface area contributed by atoms with Gasteiger partial charge >= 0.3 is 0 Å². The van der Waals surface area contributed by atoms with Crippen LogP contribution in [0.3, 0.4) is 0 Å². The number of amides is 1. The standard InChI is InChI=1S/C20H28N4OS/c1-13(2)10-17(25)23-6-8-24(9-7-23)19-18-15-5-4-14(3)11-16(15)26-20(18)22-12-21-19/h12-14H,4-11H2,1-3H3. The predicted molar refractivity (Wildman–Crippen MR) is 107 cm³/mol. The van der Waals surface area contributed by atoms with Crippen molar-refractivity contribution in [2.45, 2.75) is 46.5 Å². The van der Waals surface area contributed by atoms with Crippen LogP contribution in [0.25, 0.3) is 10.2 Å². The Morgan fingerprint density at radius 3 is 2.77 bits per heavy atom. The Bertz CT molecular complexity index is 807. The Morgan fingerprint density at radius 1 is 1.27 bits per heavy atom. The van der Waals surface area contributed by atoms with Crippen molar-refractivity contribution in [2.75, 3.05) is 31.1 Å². The normalized spacial score (nSPS) is 20.7. The number of carbonyl (C=O) groups is 1. The Morgan fingerprint density at radius 2 is 2.04 bits per heavy atom. The molecule has 2 aromatic rings. The minimum Gasteiger partial charge on any atom is -0.352 e. The van der Waals surface area contributed by atoms with Crippen LogP contribution < -0.4 is 4.90 Å². The number of anilines is 1. The van der Waals surface area contributed by atoms with Gasteiger partial charge < -0.3 is 9.80 Å². The first kappa shape index (κ1) is 17.7. The number of piperazine rings is 1. The van der Waals surface area contributed by atoms with Gasteiger partial charge in [0.15, 0.2) is 0 Å². The summed E-state index contributed by atoms with van der Waals surface area (Å²) in [4.78, 5) is 28.6. The summed E-state index contributed by atoms with van der Waals surface area (Å²) in [6.45, 7) is 9.85. The van der Waals surface area contributed by atoms with E-state index in [1.54, 1.807) is 6.33 Å². The van der Waals surface area contributed by atoms with Crippen LogP contribution in [-0.4, -0.2) is 47.0 Å². The average Bonchev–Trinajstić information content (AvgIpc) is 2.98. The molecule has 0 N–H and O–H groups in total. The number of hydrogen-bond acceptors (Lipinski definition) is 5. The van der Waals surface area contributed by atoms with E-state index < -0.39 is 0 Å². The second-order valence-electron chi connectivity index (χ2n) is 8.19. The summed E-state index contributed by atoms with van der Waals surface area (Å²) < 4.78 is 0. The Hall–Kier alpha value is -1.69. The first-order valence-electron chi connectivity index (χ1n) is 9.81. The third-order valence-electron chi connectivity index (χ3n) is 5.59. The molecule has 140 valence electrons. The lowest BCUT2D eigenvalue weighted by atomic mass is 9.89. The van der Waals surface area contributed by atoms with Gasteiger partial charge in [0.25, 0.3) is 0 Å². The molecule has 1 fully saturated rings. The number of hydrogen-bond donors (Lipinski definition) is 0. The molecular formula is C20H28N4OS. The van der Waals surface area contributed by atoms with Gasteiger partial charge in [-0.2, -0.15) is 0 Å². The van der Waals surface area contributed by atoms with Crippen molar-refractivity contribution in [3.63, 3.8) is 0 Å². The smallest absolute Gasteiger partial charge is 0.222 e. The second kappa shape index (κ2) is 7.14. The lowest BCUT2D eigenvalue weighted by molar-refractivity contribution is -0.132. The van der Waals surface area contributed by atoms with Gasteiger partial charge in [0, 0.05) is 37.5 Å². The highest BCUT2D eigenvalue weighted by molar-refractivity contribution is 7.19. The molecule has 0 saturated carbocycles. The summed E-state index contributed by atoms with van der Waals surface area (Å²) in [6, 6.07) is 0. The molecule has 1 unspecified atom stereocenters. The van der Waals surface area contributed by atoms with Gasteiger partial charge in [-0.1, -0.05) is 20.8 Å². The van der Waals surface area contributed by atoms with E-state index in [2.05, 4.69) is 35.6 Å². The molecule has 1 amide bonds. The van der Waals surface area contributed by atoms with Crippen LogP contribution >= 0.6 is 11.3 Å². The average molecular weight is 373 g/mol. The zero-order valence-corrected chi connectivity index (χ0v) is 16.8.